The largest absolute Gasteiger partial charge is 0.345 e. The number of sulfonamides is 1. The first-order chi connectivity index (χ1) is 8.56. The Labute approximate surface area is 110 Å². The van der Waals surface area contributed by atoms with Crippen LogP contribution in [0.2, 0.25) is 5.02 Å². The summed E-state index contributed by atoms with van der Waals surface area (Å²) in [7, 11) is -3.60. The van der Waals surface area contributed by atoms with Crippen molar-refractivity contribution >= 4 is 32.7 Å². The zero-order valence-electron chi connectivity index (χ0n) is 9.48. The van der Waals surface area contributed by atoms with Crippen molar-refractivity contribution in [3.63, 3.8) is 0 Å². The van der Waals surface area contributed by atoms with E-state index in [1.807, 2.05) is 0 Å². The minimum atomic E-state index is -3.60. The SMILES string of the molecule is NCCCNS(=O)(=O)c1c[nH]c2nccc(Cl)c12. The minimum Gasteiger partial charge on any atom is -0.345 e. The summed E-state index contributed by atoms with van der Waals surface area (Å²) >= 11 is 6.00. The Bertz CT molecular complexity index is 653. The number of hydrogen-bond acceptors (Lipinski definition) is 4. The van der Waals surface area contributed by atoms with Crippen LogP contribution >= 0.6 is 11.6 Å². The molecule has 0 aliphatic heterocycles. The molecule has 18 heavy (non-hydrogen) atoms. The number of fused-ring (bicyclic) bond motifs is 1. The average Bonchev–Trinajstić information content (AvgIpc) is 2.75. The predicted molar refractivity (Wildman–Crippen MR) is 70.0 cm³/mol. The fourth-order valence-electron chi connectivity index (χ4n) is 1.59. The van der Waals surface area contributed by atoms with Gasteiger partial charge in [-0.3, -0.25) is 0 Å². The molecule has 0 aliphatic carbocycles. The van der Waals surface area contributed by atoms with Crippen LogP contribution in [0.25, 0.3) is 11.0 Å². The Kier molecular flexibility index (Phi) is 3.86. The first-order valence-corrected chi connectivity index (χ1v) is 7.23. The van der Waals surface area contributed by atoms with E-state index < -0.39 is 10.0 Å². The lowest BCUT2D eigenvalue weighted by atomic mass is 10.3. The number of nitrogens with one attached hydrogen (secondary N) is 2. The van der Waals surface area contributed by atoms with Crippen LogP contribution in [0, 0.1) is 0 Å². The highest BCUT2D eigenvalue weighted by Gasteiger charge is 2.20. The molecule has 2 aromatic rings. The molecule has 0 bridgehead atoms. The van der Waals surface area contributed by atoms with Gasteiger partial charge in [-0.15, -0.1) is 0 Å². The van der Waals surface area contributed by atoms with Crippen LogP contribution in [-0.2, 0) is 10.0 Å². The van der Waals surface area contributed by atoms with Crippen LogP contribution < -0.4 is 10.5 Å². The van der Waals surface area contributed by atoms with Gasteiger partial charge in [0, 0.05) is 18.9 Å². The van der Waals surface area contributed by atoms with Crippen LogP contribution in [0.1, 0.15) is 6.42 Å². The van der Waals surface area contributed by atoms with E-state index in [0.717, 1.165) is 0 Å². The topological polar surface area (TPSA) is 101 Å². The zero-order valence-corrected chi connectivity index (χ0v) is 11.1. The van der Waals surface area contributed by atoms with Crippen LogP contribution in [0.4, 0.5) is 0 Å². The van der Waals surface area contributed by atoms with Gasteiger partial charge in [0.1, 0.15) is 10.5 Å². The third kappa shape index (κ3) is 2.49. The van der Waals surface area contributed by atoms with Gasteiger partial charge in [0.15, 0.2) is 0 Å². The van der Waals surface area contributed by atoms with Gasteiger partial charge in [0.05, 0.1) is 10.4 Å². The maximum absolute atomic E-state index is 12.1. The zero-order chi connectivity index (χ0) is 13.2. The van der Waals surface area contributed by atoms with Crippen LogP contribution in [0.15, 0.2) is 23.4 Å². The summed E-state index contributed by atoms with van der Waals surface area (Å²) in [5.74, 6) is 0. The van der Waals surface area contributed by atoms with Gasteiger partial charge in [-0.1, -0.05) is 11.6 Å². The summed E-state index contributed by atoms with van der Waals surface area (Å²) in [6, 6.07) is 1.55. The van der Waals surface area contributed by atoms with Crippen LogP contribution in [0.3, 0.4) is 0 Å². The van der Waals surface area contributed by atoms with Gasteiger partial charge >= 0.3 is 0 Å². The average molecular weight is 289 g/mol. The second kappa shape index (κ2) is 5.23. The fraction of sp³-hybridized carbons (Fsp3) is 0.300. The van der Waals surface area contributed by atoms with Gasteiger partial charge in [-0.25, -0.2) is 18.1 Å². The Morgan fingerprint density at radius 1 is 1.50 bits per heavy atom. The van der Waals surface area contributed by atoms with E-state index in [2.05, 4.69) is 14.7 Å². The molecule has 0 saturated heterocycles. The quantitative estimate of drug-likeness (QED) is 0.710. The van der Waals surface area contributed by atoms with Crippen molar-refractivity contribution in [3.05, 3.63) is 23.5 Å². The van der Waals surface area contributed by atoms with E-state index in [1.165, 1.54) is 12.4 Å². The molecule has 0 amide bonds. The number of nitrogens with zero attached hydrogens (tertiary/aromatic N) is 1. The lowest BCUT2D eigenvalue weighted by Crippen LogP contribution is -2.26. The van der Waals surface area contributed by atoms with Gasteiger partial charge in [0.25, 0.3) is 0 Å². The number of aromatic nitrogens is 2. The molecule has 0 saturated carbocycles. The first-order valence-electron chi connectivity index (χ1n) is 5.37. The fourth-order valence-corrected chi connectivity index (χ4v) is 3.15. The molecular weight excluding hydrogens is 276 g/mol. The highest BCUT2D eigenvalue weighted by Crippen LogP contribution is 2.27. The smallest absolute Gasteiger partial charge is 0.242 e. The Hall–Kier alpha value is -1.15. The van der Waals surface area contributed by atoms with Crippen molar-refractivity contribution in [2.45, 2.75) is 11.3 Å². The van der Waals surface area contributed by atoms with Crippen molar-refractivity contribution in [1.82, 2.24) is 14.7 Å². The molecule has 0 spiro atoms. The summed E-state index contributed by atoms with van der Waals surface area (Å²) in [5, 5.41) is 0.750. The number of nitrogens with two attached hydrogens (primary N) is 1. The predicted octanol–water partition coefficient (Wildman–Crippen LogP) is 0.843. The molecule has 2 aromatic heterocycles. The highest BCUT2D eigenvalue weighted by atomic mass is 35.5. The molecule has 0 unspecified atom stereocenters. The first kappa shape index (κ1) is 13.3. The van der Waals surface area contributed by atoms with E-state index in [4.69, 9.17) is 17.3 Å². The number of pyridine rings is 1. The minimum absolute atomic E-state index is 0.104. The Morgan fingerprint density at radius 3 is 3.00 bits per heavy atom. The number of rotatable bonds is 5. The second-order valence-corrected chi connectivity index (χ2v) is 5.85. The normalized spacial score (nSPS) is 12.1. The van der Waals surface area contributed by atoms with Crippen molar-refractivity contribution in [2.75, 3.05) is 13.1 Å². The van der Waals surface area contributed by atoms with Crippen LogP contribution in [0.5, 0.6) is 0 Å². The molecule has 2 heterocycles. The van der Waals surface area contributed by atoms with Gasteiger partial charge in [-0.2, -0.15) is 0 Å². The highest BCUT2D eigenvalue weighted by molar-refractivity contribution is 7.89. The van der Waals surface area contributed by atoms with Gasteiger partial charge in [0.2, 0.25) is 10.0 Å². The summed E-state index contributed by atoms with van der Waals surface area (Å²) in [6.45, 7) is 0.724. The molecule has 0 aliphatic rings. The lowest BCUT2D eigenvalue weighted by molar-refractivity contribution is 0.580. The molecule has 4 N–H and O–H groups in total. The van der Waals surface area contributed by atoms with E-state index in [-0.39, 0.29) is 4.90 Å². The van der Waals surface area contributed by atoms with Gasteiger partial charge in [-0.05, 0) is 19.0 Å². The number of H-pyrrole nitrogens is 1. The third-order valence-corrected chi connectivity index (χ3v) is 4.25. The Morgan fingerprint density at radius 2 is 2.28 bits per heavy atom. The van der Waals surface area contributed by atoms with Crippen molar-refractivity contribution < 1.29 is 8.42 Å². The maximum Gasteiger partial charge on any atom is 0.242 e. The molecule has 2 rings (SSSR count). The summed E-state index contributed by atoms with van der Waals surface area (Å²) < 4.78 is 26.6. The number of hydrogen-bond donors (Lipinski definition) is 3. The van der Waals surface area contributed by atoms with E-state index >= 15 is 0 Å². The summed E-state index contributed by atoms with van der Waals surface area (Å²) in [4.78, 5) is 6.91. The van der Waals surface area contributed by atoms with Gasteiger partial charge < -0.3 is 10.7 Å². The van der Waals surface area contributed by atoms with Crippen molar-refractivity contribution in [1.29, 1.82) is 0 Å². The molecule has 0 atom stereocenters. The summed E-state index contributed by atoms with van der Waals surface area (Å²) in [6.07, 6.45) is 3.47. The molecular formula is C10H13ClN4O2S. The molecule has 8 heteroatoms. The monoisotopic (exact) mass is 288 g/mol. The van der Waals surface area contributed by atoms with E-state index in [1.54, 1.807) is 6.07 Å². The van der Waals surface area contributed by atoms with Crippen LogP contribution in [-0.4, -0.2) is 31.5 Å². The van der Waals surface area contributed by atoms with E-state index in [9.17, 15) is 8.42 Å². The molecule has 0 fully saturated rings. The molecule has 6 nitrogen and oxygen atoms in total. The Balaban J connectivity index is 2.42. The van der Waals surface area contributed by atoms with Crippen molar-refractivity contribution in [2.24, 2.45) is 5.73 Å². The molecule has 98 valence electrons. The number of aromatic amines is 1. The lowest BCUT2D eigenvalue weighted by Gasteiger charge is -2.05. The maximum atomic E-state index is 12.1. The standard InChI is InChI=1S/C10H13ClN4O2S/c11-7-2-5-13-10-9(7)8(6-14-10)18(16,17)15-4-1-3-12/h2,5-6,15H,1,3-4,12H2,(H,13,14). The third-order valence-electron chi connectivity index (χ3n) is 2.45. The van der Waals surface area contributed by atoms with Crippen molar-refractivity contribution in [3.8, 4) is 0 Å². The summed E-state index contributed by atoms with van der Waals surface area (Å²) in [5.41, 5.74) is 5.77. The molecule has 0 radical (unpaired) electrons. The van der Waals surface area contributed by atoms with E-state index in [0.29, 0.717) is 35.6 Å². The molecule has 0 aromatic carbocycles. The number of halogens is 1. The second-order valence-electron chi connectivity index (χ2n) is 3.71.